The van der Waals surface area contributed by atoms with Gasteiger partial charge in [-0.3, -0.25) is 10.1 Å². The average molecular weight is 223 g/mol. The molecule has 0 aliphatic rings. The van der Waals surface area contributed by atoms with Crippen molar-refractivity contribution in [1.29, 1.82) is 0 Å². The van der Waals surface area contributed by atoms with Crippen molar-refractivity contribution in [3.05, 3.63) is 33.9 Å². The first-order valence-electron chi connectivity index (χ1n) is 5.35. The number of hydrogen-bond acceptors (Lipinski definition) is 4. The third-order valence-electron chi connectivity index (χ3n) is 2.30. The van der Waals surface area contributed by atoms with Gasteiger partial charge in [0.2, 0.25) is 0 Å². The Hall–Kier alpha value is -1.62. The van der Waals surface area contributed by atoms with Crippen LogP contribution < -0.4 is 10.6 Å². The molecule has 0 amide bonds. The molecule has 1 rings (SSSR count). The second-order valence-electron chi connectivity index (χ2n) is 3.51. The van der Waals surface area contributed by atoms with E-state index in [9.17, 15) is 10.1 Å². The molecule has 88 valence electrons. The van der Waals surface area contributed by atoms with Gasteiger partial charge in [-0.2, -0.15) is 0 Å². The monoisotopic (exact) mass is 223 g/mol. The molecule has 0 atom stereocenters. The summed E-state index contributed by atoms with van der Waals surface area (Å²) in [7, 11) is 0. The second-order valence-corrected chi connectivity index (χ2v) is 3.51. The molecule has 1 aromatic rings. The molecule has 0 heterocycles. The zero-order valence-electron chi connectivity index (χ0n) is 9.62. The van der Waals surface area contributed by atoms with Crippen molar-refractivity contribution in [2.24, 2.45) is 0 Å². The van der Waals surface area contributed by atoms with Crippen LogP contribution in [0.5, 0.6) is 0 Å². The van der Waals surface area contributed by atoms with E-state index in [-0.39, 0.29) is 10.6 Å². The summed E-state index contributed by atoms with van der Waals surface area (Å²) in [6.45, 7) is 6.26. The maximum Gasteiger partial charge on any atom is 0.292 e. The van der Waals surface area contributed by atoms with Gasteiger partial charge >= 0.3 is 0 Å². The van der Waals surface area contributed by atoms with Crippen molar-refractivity contribution in [3.8, 4) is 0 Å². The summed E-state index contributed by atoms with van der Waals surface area (Å²) in [6.07, 6.45) is 0. The van der Waals surface area contributed by atoms with Gasteiger partial charge in [-0.1, -0.05) is 19.1 Å². The summed E-state index contributed by atoms with van der Waals surface area (Å²) in [6, 6.07) is 5.08. The molecule has 1 aromatic carbocycles. The van der Waals surface area contributed by atoms with Gasteiger partial charge in [0.25, 0.3) is 5.69 Å². The first kappa shape index (κ1) is 12.4. The Balaban J connectivity index is 2.73. The van der Waals surface area contributed by atoms with Crippen molar-refractivity contribution in [1.82, 2.24) is 5.32 Å². The van der Waals surface area contributed by atoms with Crippen molar-refractivity contribution >= 4 is 11.4 Å². The number of hydrogen-bond donors (Lipinski definition) is 2. The highest BCUT2D eigenvalue weighted by atomic mass is 16.6. The third-order valence-corrected chi connectivity index (χ3v) is 2.30. The predicted octanol–water partition coefficient (Wildman–Crippen LogP) is 1.92. The van der Waals surface area contributed by atoms with Crippen LogP contribution in [0.4, 0.5) is 11.4 Å². The SMILES string of the molecule is CCNCCNc1c(C)cccc1[N+](=O)[O-]. The van der Waals surface area contributed by atoms with Crippen LogP contribution >= 0.6 is 0 Å². The van der Waals surface area contributed by atoms with Gasteiger partial charge in [0, 0.05) is 19.2 Å². The van der Waals surface area contributed by atoms with Crippen LogP contribution in [0.3, 0.4) is 0 Å². The van der Waals surface area contributed by atoms with Crippen molar-refractivity contribution in [2.75, 3.05) is 25.0 Å². The van der Waals surface area contributed by atoms with Crippen LogP contribution in [0.25, 0.3) is 0 Å². The number of benzene rings is 1. The highest BCUT2D eigenvalue weighted by Gasteiger charge is 2.14. The van der Waals surface area contributed by atoms with E-state index >= 15 is 0 Å². The highest BCUT2D eigenvalue weighted by molar-refractivity contribution is 5.65. The van der Waals surface area contributed by atoms with Gasteiger partial charge in [0.15, 0.2) is 0 Å². The fraction of sp³-hybridized carbons (Fsp3) is 0.455. The lowest BCUT2D eigenvalue weighted by Gasteiger charge is -2.09. The summed E-state index contributed by atoms with van der Waals surface area (Å²) < 4.78 is 0. The summed E-state index contributed by atoms with van der Waals surface area (Å²) in [5, 5.41) is 17.1. The second kappa shape index (κ2) is 6.07. The molecular weight excluding hydrogens is 206 g/mol. The maximum atomic E-state index is 10.8. The number of anilines is 1. The molecule has 0 spiro atoms. The minimum Gasteiger partial charge on any atom is -0.378 e. The molecular formula is C11H17N3O2. The summed E-state index contributed by atoms with van der Waals surface area (Å²) in [5.41, 5.74) is 1.65. The van der Waals surface area contributed by atoms with Crippen LogP contribution in [0.1, 0.15) is 12.5 Å². The van der Waals surface area contributed by atoms with E-state index in [1.165, 1.54) is 6.07 Å². The van der Waals surface area contributed by atoms with Gasteiger partial charge < -0.3 is 10.6 Å². The fourth-order valence-electron chi connectivity index (χ4n) is 1.49. The lowest BCUT2D eigenvalue weighted by molar-refractivity contribution is -0.384. The molecule has 16 heavy (non-hydrogen) atoms. The Labute approximate surface area is 95.0 Å². The van der Waals surface area contributed by atoms with E-state index in [2.05, 4.69) is 10.6 Å². The van der Waals surface area contributed by atoms with E-state index in [0.29, 0.717) is 12.2 Å². The molecule has 0 saturated carbocycles. The number of para-hydroxylation sites is 1. The minimum absolute atomic E-state index is 0.136. The first-order valence-corrected chi connectivity index (χ1v) is 5.35. The van der Waals surface area contributed by atoms with Crippen LogP contribution in [-0.4, -0.2) is 24.6 Å². The molecule has 0 bridgehead atoms. The fourth-order valence-corrected chi connectivity index (χ4v) is 1.49. The predicted molar refractivity (Wildman–Crippen MR) is 64.9 cm³/mol. The summed E-state index contributed by atoms with van der Waals surface area (Å²) >= 11 is 0. The Morgan fingerprint density at radius 1 is 1.38 bits per heavy atom. The van der Waals surface area contributed by atoms with E-state index in [1.807, 2.05) is 19.9 Å². The average Bonchev–Trinajstić information content (AvgIpc) is 2.25. The zero-order valence-corrected chi connectivity index (χ0v) is 9.62. The van der Waals surface area contributed by atoms with E-state index in [4.69, 9.17) is 0 Å². The molecule has 0 radical (unpaired) electrons. The van der Waals surface area contributed by atoms with E-state index < -0.39 is 0 Å². The Morgan fingerprint density at radius 3 is 2.75 bits per heavy atom. The van der Waals surface area contributed by atoms with Gasteiger partial charge in [-0.15, -0.1) is 0 Å². The summed E-state index contributed by atoms with van der Waals surface area (Å²) in [5.74, 6) is 0. The van der Waals surface area contributed by atoms with Crippen LogP contribution in [0.2, 0.25) is 0 Å². The number of rotatable bonds is 6. The minimum atomic E-state index is -0.359. The van der Waals surface area contributed by atoms with E-state index in [1.54, 1.807) is 6.07 Å². The van der Waals surface area contributed by atoms with E-state index in [0.717, 1.165) is 18.7 Å². The number of nitrogens with zero attached hydrogens (tertiary/aromatic N) is 1. The van der Waals surface area contributed by atoms with Crippen LogP contribution in [-0.2, 0) is 0 Å². The van der Waals surface area contributed by atoms with Crippen LogP contribution in [0, 0.1) is 17.0 Å². The largest absolute Gasteiger partial charge is 0.378 e. The molecule has 0 saturated heterocycles. The standard InChI is InChI=1S/C11H17N3O2/c1-3-12-7-8-13-11-9(2)5-4-6-10(11)14(15)16/h4-6,12-13H,3,7-8H2,1-2H3. The molecule has 2 N–H and O–H groups in total. The Kier molecular flexibility index (Phi) is 4.72. The number of nitro benzene ring substituents is 1. The van der Waals surface area contributed by atoms with Gasteiger partial charge in [-0.05, 0) is 19.0 Å². The molecule has 0 aromatic heterocycles. The topological polar surface area (TPSA) is 67.2 Å². The first-order chi connectivity index (χ1) is 7.66. The number of nitro groups is 1. The van der Waals surface area contributed by atoms with Crippen LogP contribution in [0.15, 0.2) is 18.2 Å². The van der Waals surface area contributed by atoms with Gasteiger partial charge in [0.05, 0.1) is 4.92 Å². The lowest BCUT2D eigenvalue weighted by atomic mass is 10.1. The molecule has 0 fully saturated rings. The van der Waals surface area contributed by atoms with Crippen molar-refractivity contribution in [3.63, 3.8) is 0 Å². The lowest BCUT2D eigenvalue weighted by Crippen LogP contribution is -2.22. The van der Waals surface area contributed by atoms with Gasteiger partial charge in [0.1, 0.15) is 5.69 Å². The normalized spacial score (nSPS) is 10.1. The number of likely N-dealkylation sites (N-methyl/N-ethyl adjacent to an activating group) is 1. The molecule has 0 aliphatic heterocycles. The van der Waals surface area contributed by atoms with Crippen molar-refractivity contribution in [2.45, 2.75) is 13.8 Å². The number of aryl methyl sites for hydroxylation is 1. The Bertz CT molecular complexity index is 366. The maximum absolute atomic E-state index is 10.8. The van der Waals surface area contributed by atoms with Crippen molar-refractivity contribution < 1.29 is 4.92 Å². The zero-order chi connectivity index (χ0) is 12.0. The molecule has 5 nitrogen and oxygen atoms in total. The summed E-state index contributed by atoms with van der Waals surface area (Å²) in [4.78, 5) is 10.5. The third kappa shape index (κ3) is 3.20. The number of nitrogens with one attached hydrogen (secondary N) is 2. The molecule has 0 aliphatic carbocycles. The van der Waals surface area contributed by atoms with Gasteiger partial charge in [-0.25, -0.2) is 0 Å². The quantitative estimate of drug-likeness (QED) is 0.439. The molecule has 0 unspecified atom stereocenters. The Morgan fingerprint density at radius 2 is 2.12 bits per heavy atom. The highest BCUT2D eigenvalue weighted by Crippen LogP contribution is 2.27. The molecule has 5 heteroatoms. The smallest absolute Gasteiger partial charge is 0.292 e.